The highest BCUT2D eigenvalue weighted by atomic mass is 16.5. The lowest BCUT2D eigenvalue weighted by Crippen LogP contribution is -2.10. The number of carbonyl (C=O) groups excluding carboxylic acids is 1. The average molecular weight is 156 g/mol. The lowest BCUT2D eigenvalue weighted by atomic mass is 10.3. The van der Waals surface area contributed by atoms with E-state index in [2.05, 4.69) is 9.68 Å². The Kier molecular flexibility index (Phi) is 1.91. The summed E-state index contributed by atoms with van der Waals surface area (Å²) in [5.41, 5.74) is 4.91. The molecular formula is C6H8N2O3. The van der Waals surface area contributed by atoms with Crippen LogP contribution >= 0.6 is 0 Å². The SMILES string of the molecule is CC(O)c1cc(C(N)=O)no1. The Labute approximate surface area is 62.8 Å². The minimum absolute atomic E-state index is 0.0286. The molecule has 0 aliphatic heterocycles. The Bertz CT molecular complexity index is 267. The summed E-state index contributed by atoms with van der Waals surface area (Å²) >= 11 is 0. The van der Waals surface area contributed by atoms with E-state index < -0.39 is 12.0 Å². The maximum atomic E-state index is 10.5. The third kappa shape index (κ3) is 1.56. The summed E-state index contributed by atoms with van der Waals surface area (Å²) in [6, 6.07) is 1.31. The average Bonchev–Trinajstić information content (AvgIpc) is 2.33. The Morgan fingerprint density at radius 2 is 2.55 bits per heavy atom. The van der Waals surface area contributed by atoms with E-state index in [0.717, 1.165) is 0 Å². The van der Waals surface area contributed by atoms with Crippen LogP contribution in [0.5, 0.6) is 0 Å². The molecule has 0 aliphatic rings. The molecule has 5 heteroatoms. The van der Waals surface area contributed by atoms with Crippen molar-refractivity contribution in [3.8, 4) is 0 Å². The van der Waals surface area contributed by atoms with Crippen LogP contribution in [-0.4, -0.2) is 16.2 Å². The summed E-state index contributed by atoms with van der Waals surface area (Å²) in [4.78, 5) is 10.5. The van der Waals surface area contributed by atoms with E-state index in [0.29, 0.717) is 0 Å². The van der Waals surface area contributed by atoms with E-state index in [9.17, 15) is 4.79 Å². The second kappa shape index (κ2) is 2.71. The second-order valence-corrected chi connectivity index (χ2v) is 2.15. The standard InChI is InChI=1S/C6H8N2O3/c1-3(9)5-2-4(6(7)10)8-11-5/h2-3,9H,1H3,(H2,7,10). The van der Waals surface area contributed by atoms with Gasteiger partial charge in [0, 0.05) is 6.07 Å². The lowest BCUT2D eigenvalue weighted by Gasteiger charge is -1.92. The van der Waals surface area contributed by atoms with Crippen molar-refractivity contribution in [2.75, 3.05) is 0 Å². The Morgan fingerprint density at radius 1 is 1.91 bits per heavy atom. The molecule has 0 saturated carbocycles. The van der Waals surface area contributed by atoms with Crippen LogP contribution in [0.15, 0.2) is 10.6 Å². The molecule has 1 heterocycles. The summed E-state index contributed by atoms with van der Waals surface area (Å²) in [5.74, 6) is -0.431. The quantitative estimate of drug-likeness (QED) is 0.621. The molecule has 3 N–H and O–H groups in total. The summed E-state index contributed by atoms with van der Waals surface area (Å²) in [6.07, 6.45) is -0.768. The number of rotatable bonds is 2. The number of nitrogens with zero attached hydrogens (tertiary/aromatic N) is 1. The molecular weight excluding hydrogens is 148 g/mol. The zero-order chi connectivity index (χ0) is 8.43. The Balaban J connectivity index is 2.90. The fraction of sp³-hybridized carbons (Fsp3) is 0.333. The number of hydrogen-bond acceptors (Lipinski definition) is 4. The third-order valence-corrected chi connectivity index (χ3v) is 1.19. The van der Waals surface area contributed by atoms with Crippen LogP contribution in [0.25, 0.3) is 0 Å². The smallest absolute Gasteiger partial charge is 0.270 e. The number of primary amides is 1. The fourth-order valence-corrected chi connectivity index (χ4v) is 0.602. The highest BCUT2D eigenvalue weighted by Crippen LogP contribution is 2.11. The molecule has 0 spiro atoms. The van der Waals surface area contributed by atoms with Crippen LogP contribution in [0.3, 0.4) is 0 Å². The summed E-state index contributed by atoms with van der Waals surface area (Å²) < 4.78 is 4.59. The van der Waals surface area contributed by atoms with Crippen LogP contribution in [0.4, 0.5) is 0 Å². The molecule has 1 amide bonds. The van der Waals surface area contributed by atoms with Crippen molar-refractivity contribution in [2.24, 2.45) is 5.73 Å². The molecule has 5 nitrogen and oxygen atoms in total. The first-order valence-corrected chi connectivity index (χ1v) is 3.05. The summed E-state index contributed by atoms with van der Waals surface area (Å²) in [5, 5.41) is 12.3. The van der Waals surface area contributed by atoms with Gasteiger partial charge in [-0.25, -0.2) is 0 Å². The molecule has 1 aromatic rings. The number of aliphatic hydroxyl groups is 1. The fourth-order valence-electron chi connectivity index (χ4n) is 0.602. The molecule has 0 radical (unpaired) electrons. The van der Waals surface area contributed by atoms with Crippen LogP contribution in [0.2, 0.25) is 0 Å². The monoisotopic (exact) mass is 156 g/mol. The lowest BCUT2D eigenvalue weighted by molar-refractivity contribution is 0.0990. The van der Waals surface area contributed by atoms with Crippen molar-refractivity contribution in [3.63, 3.8) is 0 Å². The van der Waals surface area contributed by atoms with Gasteiger partial charge in [0.1, 0.15) is 6.10 Å². The van der Waals surface area contributed by atoms with Crippen molar-refractivity contribution in [2.45, 2.75) is 13.0 Å². The van der Waals surface area contributed by atoms with E-state index in [1.807, 2.05) is 0 Å². The molecule has 0 aromatic carbocycles. The number of carbonyl (C=O) groups is 1. The van der Waals surface area contributed by atoms with Gasteiger partial charge in [0.15, 0.2) is 11.5 Å². The van der Waals surface area contributed by atoms with Crippen LogP contribution < -0.4 is 5.73 Å². The van der Waals surface area contributed by atoms with Crippen molar-refractivity contribution >= 4 is 5.91 Å². The topological polar surface area (TPSA) is 89.4 Å². The van der Waals surface area contributed by atoms with Crippen molar-refractivity contribution in [3.05, 3.63) is 17.5 Å². The van der Waals surface area contributed by atoms with E-state index >= 15 is 0 Å². The minimum atomic E-state index is -0.768. The zero-order valence-corrected chi connectivity index (χ0v) is 5.94. The Morgan fingerprint density at radius 3 is 2.82 bits per heavy atom. The zero-order valence-electron chi connectivity index (χ0n) is 5.94. The van der Waals surface area contributed by atoms with Crippen molar-refractivity contribution in [1.29, 1.82) is 0 Å². The van der Waals surface area contributed by atoms with E-state index in [4.69, 9.17) is 10.8 Å². The first-order chi connectivity index (χ1) is 5.11. The van der Waals surface area contributed by atoms with Crippen molar-refractivity contribution in [1.82, 2.24) is 5.16 Å². The highest BCUT2D eigenvalue weighted by Gasteiger charge is 2.11. The van der Waals surface area contributed by atoms with Crippen LogP contribution in [-0.2, 0) is 0 Å². The molecule has 0 saturated heterocycles. The molecule has 1 atom stereocenters. The first-order valence-electron chi connectivity index (χ1n) is 3.05. The summed E-state index contributed by atoms with van der Waals surface area (Å²) in [6.45, 7) is 1.51. The summed E-state index contributed by atoms with van der Waals surface area (Å²) in [7, 11) is 0. The predicted molar refractivity (Wildman–Crippen MR) is 35.7 cm³/mol. The van der Waals surface area contributed by atoms with Gasteiger partial charge in [0.05, 0.1) is 0 Å². The normalized spacial score (nSPS) is 12.9. The largest absolute Gasteiger partial charge is 0.385 e. The van der Waals surface area contributed by atoms with Crippen LogP contribution in [0.1, 0.15) is 29.3 Å². The number of amides is 1. The highest BCUT2D eigenvalue weighted by molar-refractivity contribution is 5.90. The number of aliphatic hydroxyl groups excluding tert-OH is 1. The molecule has 1 aromatic heterocycles. The van der Waals surface area contributed by atoms with Crippen LogP contribution in [0, 0.1) is 0 Å². The molecule has 1 unspecified atom stereocenters. The van der Waals surface area contributed by atoms with Gasteiger partial charge in [0.2, 0.25) is 0 Å². The van der Waals surface area contributed by atoms with Gasteiger partial charge in [0.25, 0.3) is 5.91 Å². The predicted octanol–water partition coefficient (Wildman–Crippen LogP) is -0.173. The number of nitrogens with two attached hydrogens (primary N) is 1. The minimum Gasteiger partial charge on any atom is -0.385 e. The van der Waals surface area contributed by atoms with Gasteiger partial charge in [-0.15, -0.1) is 0 Å². The number of hydrogen-bond donors (Lipinski definition) is 2. The molecule has 0 bridgehead atoms. The molecule has 60 valence electrons. The van der Waals surface area contributed by atoms with Gasteiger partial charge in [-0.2, -0.15) is 0 Å². The molecule has 0 aliphatic carbocycles. The third-order valence-electron chi connectivity index (χ3n) is 1.19. The molecule has 1 rings (SSSR count). The van der Waals surface area contributed by atoms with Crippen molar-refractivity contribution < 1.29 is 14.4 Å². The van der Waals surface area contributed by atoms with Gasteiger partial charge in [-0.3, -0.25) is 4.79 Å². The van der Waals surface area contributed by atoms with E-state index in [1.54, 1.807) is 0 Å². The van der Waals surface area contributed by atoms with Gasteiger partial charge >= 0.3 is 0 Å². The van der Waals surface area contributed by atoms with Gasteiger partial charge in [-0.1, -0.05) is 5.16 Å². The van der Waals surface area contributed by atoms with E-state index in [-0.39, 0.29) is 11.5 Å². The first kappa shape index (κ1) is 7.74. The maximum absolute atomic E-state index is 10.5. The second-order valence-electron chi connectivity index (χ2n) is 2.15. The Hall–Kier alpha value is -1.36. The van der Waals surface area contributed by atoms with E-state index in [1.165, 1.54) is 13.0 Å². The van der Waals surface area contributed by atoms with Gasteiger partial charge in [-0.05, 0) is 6.92 Å². The maximum Gasteiger partial charge on any atom is 0.270 e. The molecule has 11 heavy (non-hydrogen) atoms. The number of aromatic nitrogens is 1. The van der Waals surface area contributed by atoms with Gasteiger partial charge < -0.3 is 15.4 Å². The molecule has 0 fully saturated rings.